The molecule has 0 radical (unpaired) electrons. The molecule has 0 aromatic heterocycles. The molecule has 0 heterocycles. The first kappa shape index (κ1) is 19.7. The number of carbonyl (C=O) groups is 1. The summed E-state index contributed by atoms with van der Waals surface area (Å²) in [6.07, 6.45) is 17.4. The van der Waals surface area contributed by atoms with Crippen LogP contribution >= 0.6 is 0 Å². The van der Waals surface area contributed by atoms with E-state index in [0.29, 0.717) is 0 Å². The monoisotopic (exact) mass is 282 g/mol. The molecule has 2 saturated carbocycles. The summed E-state index contributed by atoms with van der Waals surface area (Å²) in [5.74, 6) is 2.22. The Labute approximate surface area is 127 Å². The lowest BCUT2D eigenvalue weighted by atomic mass is 9.97. The van der Waals surface area contributed by atoms with Gasteiger partial charge in [-0.2, -0.15) is 0 Å². The quantitative estimate of drug-likeness (QED) is 0.545. The smallest absolute Gasteiger partial charge is 0.122 e. The lowest BCUT2D eigenvalue weighted by molar-refractivity contribution is -0.110. The lowest BCUT2D eigenvalue weighted by Gasteiger charge is -2.09. The number of rotatable bonds is 4. The van der Waals surface area contributed by atoms with Crippen LogP contribution in [0.2, 0.25) is 0 Å². The van der Waals surface area contributed by atoms with E-state index in [1.807, 2.05) is 13.8 Å². The number of hydrogen-bond donors (Lipinski definition) is 0. The molecule has 0 saturated heterocycles. The van der Waals surface area contributed by atoms with Crippen LogP contribution in [-0.2, 0) is 4.79 Å². The fourth-order valence-electron chi connectivity index (χ4n) is 2.75. The second-order valence-electron chi connectivity index (χ2n) is 7.27. The zero-order valence-corrected chi connectivity index (χ0v) is 14.5. The Balaban J connectivity index is 0.000000304. The highest BCUT2D eigenvalue weighted by Gasteiger charge is 2.14. The average Bonchev–Trinajstić information content (AvgIpc) is 3.12. The fourth-order valence-corrected chi connectivity index (χ4v) is 2.75. The van der Waals surface area contributed by atoms with Crippen LogP contribution in [0.1, 0.15) is 98.3 Å². The van der Waals surface area contributed by atoms with Crippen molar-refractivity contribution >= 4 is 6.29 Å². The number of aldehydes is 1. The molecule has 0 aliphatic heterocycles. The van der Waals surface area contributed by atoms with Crippen molar-refractivity contribution < 1.29 is 4.79 Å². The van der Waals surface area contributed by atoms with Gasteiger partial charge in [0.1, 0.15) is 6.29 Å². The summed E-state index contributed by atoms with van der Waals surface area (Å²) in [5, 5.41) is 0. The molecule has 0 amide bonds. The molecule has 2 fully saturated rings. The normalized spacial score (nSPS) is 18.5. The minimum absolute atomic E-state index is 0.204. The summed E-state index contributed by atoms with van der Waals surface area (Å²) in [6.45, 7) is 8.36. The lowest BCUT2D eigenvalue weighted by Crippen LogP contribution is -1.96. The van der Waals surface area contributed by atoms with Crippen LogP contribution in [0, 0.1) is 17.8 Å². The maximum absolute atomic E-state index is 9.50. The van der Waals surface area contributed by atoms with Crippen molar-refractivity contribution in [3.8, 4) is 0 Å². The van der Waals surface area contributed by atoms with E-state index >= 15 is 0 Å². The van der Waals surface area contributed by atoms with Crippen molar-refractivity contribution in [1.82, 2.24) is 0 Å². The minimum Gasteiger partial charge on any atom is -0.303 e. The van der Waals surface area contributed by atoms with Gasteiger partial charge in [-0.1, -0.05) is 98.3 Å². The summed E-state index contributed by atoms with van der Waals surface area (Å²) in [5.41, 5.74) is 0. The molecule has 0 unspecified atom stereocenters. The second-order valence-corrected chi connectivity index (χ2v) is 7.27. The Morgan fingerprint density at radius 2 is 1.25 bits per heavy atom. The van der Waals surface area contributed by atoms with E-state index in [0.717, 1.165) is 18.1 Å². The molecule has 0 N–H and O–H groups in total. The van der Waals surface area contributed by atoms with Gasteiger partial charge in [0.15, 0.2) is 0 Å². The summed E-state index contributed by atoms with van der Waals surface area (Å²) >= 11 is 0. The van der Waals surface area contributed by atoms with Crippen LogP contribution in [-0.4, -0.2) is 6.29 Å². The highest BCUT2D eigenvalue weighted by atomic mass is 16.1. The van der Waals surface area contributed by atoms with E-state index in [2.05, 4.69) is 13.8 Å². The molecular formula is C19H38O. The molecule has 2 aliphatic carbocycles. The summed E-state index contributed by atoms with van der Waals surface area (Å²) in [4.78, 5) is 9.50. The van der Waals surface area contributed by atoms with Crippen LogP contribution in [0.15, 0.2) is 0 Å². The number of carbonyl (C=O) groups excluding carboxylic acids is 1. The van der Waals surface area contributed by atoms with E-state index in [4.69, 9.17) is 0 Å². The fraction of sp³-hybridized carbons (Fsp3) is 0.947. The number of hydrogen-bond acceptors (Lipinski definition) is 1. The SMILES string of the molecule is C1CCCC1.CC(C)C=O.CC(C)CCC1CCCC1. The third-order valence-electron chi connectivity index (χ3n) is 4.15. The maximum Gasteiger partial charge on any atom is 0.122 e. The van der Waals surface area contributed by atoms with Gasteiger partial charge in [-0.25, -0.2) is 0 Å². The Kier molecular flexibility index (Phi) is 13.4. The molecule has 1 nitrogen and oxygen atoms in total. The van der Waals surface area contributed by atoms with Crippen molar-refractivity contribution in [3.05, 3.63) is 0 Å². The van der Waals surface area contributed by atoms with Gasteiger partial charge in [-0.15, -0.1) is 0 Å². The van der Waals surface area contributed by atoms with Gasteiger partial charge in [0.05, 0.1) is 0 Å². The van der Waals surface area contributed by atoms with E-state index in [1.165, 1.54) is 70.6 Å². The topological polar surface area (TPSA) is 17.1 Å². The Hall–Kier alpha value is -0.330. The zero-order valence-electron chi connectivity index (χ0n) is 14.5. The van der Waals surface area contributed by atoms with Gasteiger partial charge < -0.3 is 4.79 Å². The molecule has 120 valence electrons. The summed E-state index contributed by atoms with van der Waals surface area (Å²) < 4.78 is 0. The standard InChI is InChI=1S/C10H20.C5H10.C4H8O/c1-9(2)7-8-10-5-3-4-6-10;1-2-4-5-3-1;1-4(2)3-5/h9-10H,3-8H2,1-2H3;1-5H2;3-4H,1-2H3. The first-order chi connectivity index (χ1) is 9.56. The maximum atomic E-state index is 9.50. The van der Waals surface area contributed by atoms with Crippen LogP contribution in [0.3, 0.4) is 0 Å². The Morgan fingerprint density at radius 1 is 0.850 bits per heavy atom. The summed E-state index contributed by atoms with van der Waals surface area (Å²) in [6, 6.07) is 0. The van der Waals surface area contributed by atoms with E-state index in [1.54, 1.807) is 0 Å². The average molecular weight is 283 g/mol. The molecule has 0 aromatic rings. The van der Waals surface area contributed by atoms with Crippen LogP contribution in [0.25, 0.3) is 0 Å². The minimum atomic E-state index is 0.204. The van der Waals surface area contributed by atoms with Gasteiger partial charge in [0.2, 0.25) is 0 Å². The third-order valence-corrected chi connectivity index (χ3v) is 4.15. The van der Waals surface area contributed by atoms with Crippen LogP contribution in [0.4, 0.5) is 0 Å². The van der Waals surface area contributed by atoms with Gasteiger partial charge in [0.25, 0.3) is 0 Å². The van der Waals surface area contributed by atoms with Gasteiger partial charge in [-0.3, -0.25) is 0 Å². The first-order valence-corrected chi connectivity index (χ1v) is 9.01. The third kappa shape index (κ3) is 14.1. The van der Waals surface area contributed by atoms with Crippen LogP contribution < -0.4 is 0 Å². The van der Waals surface area contributed by atoms with Crippen LogP contribution in [0.5, 0.6) is 0 Å². The Bertz CT molecular complexity index is 190. The van der Waals surface area contributed by atoms with E-state index < -0.39 is 0 Å². The molecule has 0 spiro atoms. The molecule has 0 atom stereocenters. The molecule has 0 bridgehead atoms. The van der Waals surface area contributed by atoms with Crippen molar-refractivity contribution in [2.24, 2.45) is 17.8 Å². The molecule has 1 heteroatoms. The van der Waals surface area contributed by atoms with Gasteiger partial charge in [-0.05, 0) is 11.8 Å². The molecule has 2 rings (SSSR count). The summed E-state index contributed by atoms with van der Waals surface area (Å²) in [7, 11) is 0. The van der Waals surface area contributed by atoms with Crippen molar-refractivity contribution in [1.29, 1.82) is 0 Å². The molecule has 2 aliphatic rings. The predicted molar refractivity (Wildman–Crippen MR) is 90.0 cm³/mol. The zero-order chi connectivity index (χ0) is 15.2. The molecule has 20 heavy (non-hydrogen) atoms. The second kappa shape index (κ2) is 13.6. The van der Waals surface area contributed by atoms with Crippen molar-refractivity contribution in [2.45, 2.75) is 98.3 Å². The first-order valence-electron chi connectivity index (χ1n) is 9.01. The molecule has 0 aromatic carbocycles. The predicted octanol–water partition coefficient (Wildman–Crippen LogP) is 6.40. The highest BCUT2D eigenvalue weighted by Crippen LogP contribution is 2.29. The largest absolute Gasteiger partial charge is 0.303 e. The molecular weight excluding hydrogens is 244 g/mol. The van der Waals surface area contributed by atoms with Gasteiger partial charge >= 0.3 is 0 Å². The van der Waals surface area contributed by atoms with Gasteiger partial charge in [0, 0.05) is 5.92 Å². The van der Waals surface area contributed by atoms with Crippen molar-refractivity contribution in [2.75, 3.05) is 0 Å². The van der Waals surface area contributed by atoms with E-state index in [9.17, 15) is 4.79 Å². The van der Waals surface area contributed by atoms with E-state index in [-0.39, 0.29) is 5.92 Å². The van der Waals surface area contributed by atoms with Crippen molar-refractivity contribution in [3.63, 3.8) is 0 Å². The Morgan fingerprint density at radius 3 is 1.55 bits per heavy atom. The highest BCUT2D eigenvalue weighted by molar-refractivity contribution is 5.51.